The zero-order valence-electron chi connectivity index (χ0n) is 21.8. The molecule has 0 saturated heterocycles. The van der Waals surface area contributed by atoms with Gasteiger partial charge in [-0.2, -0.15) is 4.72 Å². The molecule has 2 aliphatic heterocycles. The van der Waals surface area contributed by atoms with Crippen molar-refractivity contribution in [1.29, 1.82) is 0 Å². The zero-order chi connectivity index (χ0) is 27.9. The van der Waals surface area contributed by atoms with Crippen LogP contribution in [0.25, 0.3) is 11.0 Å². The number of carboxylic acid groups (broad SMARTS) is 1. The number of carbonyl (C=O) groups is 2. The number of nitrogens with one attached hydrogen (secondary N) is 1. The van der Waals surface area contributed by atoms with Gasteiger partial charge in [0.15, 0.2) is 11.4 Å². The minimum Gasteiger partial charge on any atom is -0.480 e. The molecule has 0 spiro atoms. The van der Waals surface area contributed by atoms with Crippen molar-refractivity contribution in [2.24, 2.45) is 0 Å². The summed E-state index contributed by atoms with van der Waals surface area (Å²) in [5.41, 5.74) is 9.84. The van der Waals surface area contributed by atoms with E-state index in [1.54, 1.807) is 36.4 Å². The van der Waals surface area contributed by atoms with Gasteiger partial charge in [0, 0.05) is 19.6 Å². The van der Waals surface area contributed by atoms with E-state index in [1.807, 2.05) is 20.0 Å². The maximum atomic E-state index is 13.8. The molecular formula is C27H31N5O6S. The fourth-order valence-electron chi connectivity index (χ4n) is 5.19. The topological polar surface area (TPSA) is 159 Å². The number of likely N-dealkylation sites (N-methyl/N-ethyl adjacent to an activating group) is 1. The second-order valence-corrected chi connectivity index (χ2v) is 12.0. The SMILES string of the molecule is CC1=CCN(C(=O)[C@H](Cc2ccc3onc(N)c3c2)NS(=O)(=O)c2ccc3c(c2)CN(C)CC3)C(C(=O)O)C1. The van der Waals surface area contributed by atoms with Crippen molar-refractivity contribution in [1.82, 2.24) is 19.7 Å². The lowest BCUT2D eigenvalue weighted by atomic mass is 9.98. The molecule has 12 heteroatoms. The summed E-state index contributed by atoms with van der Waals surface area (Å²) in [6.07, 6.45) is 2.75. The van der Waals surface area contributed by atoms with E-state index in [4.69, 9.17) is 10.3 Å². The number of aliphatic carboxylic acids is 1. The largest absolute Gasteiger partial charge is 0.480 e. The van der Waals surface area contributed by atoms with Crippen LogP contribution < -0.4 is 10.5 Å². The van der Waals surface area contributed by atoms with E-state index in [0.29, 0.717) is 23.1 Å². The van der Waals surface area contributed by atoms with Crippen molar-refractivity contribution in [2.45, 2.75) is 49.7 Å². The number of carboxylic acids is 1. The Bertz CT molecular complexity index is 1580. The Labute approximate surface area is 226 Å². The van der Waals surface area contributed by atoms with Crippen LogP contribution in [-0.2, 0) is 39.0 Å². The number of nitrogen functional groups attached to an aromatic ring is 1. The van der Waals surface area contributed by atoms with Crippen LogP contribution in [0.15, 0.2) is 57.5 Å². The summed E-state index contributed by atoms with van der Waals surface area (Å²) < 4.78 is 35.0. The molecule has 1 amide bonds. The van der Waals surface area contributed by atoms with Gasteiger partial charge in [0.2, 0.25) is 15.9 Å². The minimum absolute atomic E-state index is 0.0299. The second kappa shape index (κ2) is 10.4. The summed E-state index contributed by atoms with van der Waals surface area (Å²) in [6.45, 7) is 3.40. The van der Waals surface area contributed by atoms with Crippen LogP contribution in [0.2, 0.25) is 0 Å². The van der Waals surface area contributed by atoms with Crippen LogP contribution in [0.4, 0.5) is 5.82 Å². The highest BCUT2D eigenvalue weighted by molar-refractivity contribution is 7.89. The second-order valence-electron chi connectivity index (χ2n) is 10.3. The number of nitrogens with two attached hydrogens (primary N) is 1. The van der Waals surface area contributed by atoms with Crippen LogP contribution in [0.1, 0.15) is 30.0 Å². The lowest BCUT2D eigenvalue weighted by Crippen LogP contribution is -2.55. The van der Waals surface area contributed by atoms with E-state index in [-0.39, 0.29) is 30.1 Å². The molecule has 4 N–H and O–H groups in total. The Balaban J connectivity index is 1.49. The number of fused-ring (bicyclic) bond motifs is 2. The fourth-order valence-corrected chi connectivity index (χ4v) is 6.43. The molecule has 0 aliphatic carbocycles. The van der Waals surface area contributed by atoms with Crippen molar-refractivity contribution in [3.8, 4) is 0 Å². The molecule has 3 heterocycles. The number of nitrogens with zero attached hydrogens (tertiary/aromatic N) is 3. The van der Waals surface area contributed by atoms with Crippen LogP contribution in [-0.4, -0.2) is 72.6 Å². The molecule has 11 nitrogen and oxygen atoms in total. The first-order valence-electron chi connectivity index (χ1n) is 12.7. The van der Waals surface area contributed by atoms with E-state index in [0.717, 1.165) is 29.7 Å². The number of anilines is 1. The van der Waals surface area contributed by atoms with E-state index in [9.17, 15) is 23.1 Å². The van der Waals surface area contributed by atoms with E-state index >= 15 is 0 Å². The molecule has 5 rings (SSSR count). The number of hydrogen-bond donors (Lipinski definition) is 3. The highest BCUT2D eigenvalue weighted by Crippen LogP contribution is 2.26. The Kier molecular flexibility index (Phi) is 7.19. The number of amides is 1. The number of aromatic nitrogens is 1. The first-order chi connectivity index (χ1) is 18.5. The van der Waals surface area contributed by atoms with Gasteiger partial charge in [-0.05, 0) is 74.2 Å². The minimum atomic E-state index is -4.14. The number of sulfonamides is 1. The predicted molar refractivity (Wildman–Crippen MR) is 144 cm³/mol. The summed E-state index contributed by atoms with van der Waals surface area (Å²) >= 11 is 0. The normalized spacial score (nSPS) is 19.0. The van der Waals surface area contributed by atoms with Crippen molar-refractivity contribution in [3.05, 3.63) is 64.7 Å². The average molecular weight is 554 g/mol. The summed E-state index contributed by atoms with van der Waals surface area (Å²) in [5, 5.41) is 14.1. The smallest absolute Gasteiger partial charge is 0.326 e. The Morgan fingerprint density at radius 1 is 1.23 bits per heavy atom. The zero-order valence-corrected chi connectivity index (χ0v) is 22.6. The number of rotatable bonds is 7. The first-order valence-corrected chi connectivity index (χ1v) is 14.2. The molecule has 39 heavy (non-hydrogen) atoms. The van der Waals surface area contributed by atoms with Gasteiger partial charge in [-0.15, -0.1) is 0 Å². The first kappa shape index (κ1) is 26.9. The van der Waals surface area contributed by atoms with Crippen LogP contribution in [0, 0.1) is 0 Å². The molecule has 0 bridgehead atoms. The van der Waals surface area contributed by atoms with Crippen LogP contribution in [0.5, 0.6) is 0 Å². The molecule has 0 radical (unpaired) electrons. The third-order valence-electron chi connectivity index (χ3n) is 7.38. The third kappa shape index (κ3) is 5.54. The van der Waals surface area contributed by atoms with E-state index in [2.05, 4.69) is 14.8 Å². The van der Waals surface area contributed by atoms with Crippen molar-refractivity contribution < 1.29 is 27.6 Å². The summed E-state index contributed by atoms with van der Waals surface area (Å²) in [6, 6.07) is 7.69. The summed E-state index contributed by atoms with van der Waals surface area (Å²) in [4.78, 5) is 29.2. The lowest BCUT2D eigenvalue weighted by Gasteiger charge is -2.34. The van der Waals surface area contributed by atoms with Crippen molar-refractivity contribution in [3.63, 3.8) is 0 Å². The standard InChI is InChI=1S/C27H31N5O6S/c1-16-7-10-32(23(11-16)27(34)35)26(33)22(13-17-3-6-24-21(12-17)25(28)29-38-24)30-39(36,37)20-5-4-18-8-9-31(2)15-19(18)14-20/h3-7,12,14,22-23,30H,8-11,13,15H2,1-2H3,(H2,28,29)(H,34,35)/t22-,23?/m0/s1. The van der Waals surface area contributed by atoms with Gasteiger partial charge in [0.1, 0.15) is 12.1 Å². The Morgan fingerprint density at radius 2 is 2.03 bits per heavy atom. The molecule has 2 atom stereocenters. The summed E-state index contributed by atoms with van der Waals surface area (Å²) in [7, 11) is -2.16. The van der Waals surface area contributed by atoms with E-state index < -0.39 is 34.0 Å². The van der Waals surface area contributed by atoms with Crippen molar-refractivity contribution in [2.75, 3.05) is 25.9 Å². The van der Waals surface area contributed by atoms with E-state index in [1.165, 1.54) is 4.90 Å². The Hall–Kier alpha value is -3.74. The monoisotopic (exact) mass is 553 g/mol. The third-order valence-corrected chi connectivity index (χ3v) is 8.85. The van der Waals surface area contributed by atoms with Crippen molar-refractivity contribution >= 4 is 38.7 Å². The number of hydrogen-bond acceptors (Lipinski definition) is 8. The van der Waals surface area contributed by atoms with Crippen LogP contribution in [0.3, 0.4) is 0 Å². The highest BCUT2D eigenvalue weighted by atomic mass is 32.2. The molecule has 0 fully saturated rings. The number of benzene rings is 2. The van der Waals surface area contributed by atoms with Gasteiger partial charge >= 0.3 is 5.97 Å². The molecule has 2 aliphatic rings. The fraction of sp³-hybridized carbons (Fsp3) is 0.370. The van der Waals surface area contributed by atoms with Gasteiger partial charge in [-0.25, -0.2) is 13.2 Å². The predicted octanol–water partition coefficient (Wildman–Crippen LogP) is 1.92. The molecule has 1 unspecified atom stereocenters. The molecule has 3 aromatic rings. The average Bonchev–Trinajstić information content (AvgIpc) is 3.27. The molecule has 2 aromatic carbocycles. The van der Waals surface area contributed by atoms with Gasteiger partial charge in [0.25, 0.3) is 0 Å². The Morgan fingerprint density at radius 3 is 2.79 bits per heavy atom. The van der Waals surface area contributed by atoms with Gasteiger partial charge < -0.3 is 25.2 Å². The summed E-state index contributed by atoms with van der Waals surface area (Å²) in [5.74, 6) is -1.59. The highest BCUT2D eigenvalue weighted by Gasteiger charge is 2.37. The molecule has 206 valence electrons. The number of carbonyl (C=O) groups excluding carboxylic acids is 1. The van der Waals surface area contributed by atoms with Gasteiger partial charge in [-0.3, -0.25) is 4.79 Å². The van der Waals surface area contributed by atoms with Gasteiger partial charge in [-0.1, -0.05) is 28.9 Å². The quantitative estimate of drug-likeness (QED) is 0.372. The van der Waals surface area contributed by atoms with Gasteiger partial charge in [0.05, 0.1) is 10.3 Å². The molecule has 1 aromatic heterocycles. The lowest BCUT2D eigenvalue weighted by molar-refractivity contribution is -0.150. The molecule has 0 saturated carbocycles. The maximum Gasteiger partial charge on any atom is 0.326 e. The maximum absolute atomic E-state index is 13.8. The molecular weight excluding hydrogens is 522 g/mol. The van der Waals surface area contributed by atoms with Crippen LogP contribution >= 0.6 is 0 Å².